The van der Waals surface area contributed by atoms with Crippen LogP contribution in [0, 0.1) is 0 Å². The van der Waals surface area contributed by atoms with Crippen molar-refractivity contribution in [3.63, 3.8) is 0 Å². The van der Waals surface area contributed by atoms with Gasteiger partial charge in [-0.2, -0.15) is 39.5 Å². The summed E-state index contributed by atoms with van der Waals surface area (Å²) in [5.41, 5.74) is 0. The minimum absolute atomic E-state index is 0. The summed E-state index contributed by atoms with van der Waals surface area (Å²) in [5.74, 6) is 0. The van der Waals surface area contributed by atoms with Crippen molar-refractivity contribution in [3.8, 4) is 0 Å². The maximum Gasteiger partial charge on any atom is 0.631 e. The van der Waals surface area contributed by atoms with Crippen LogP contribution in [0.15, 0.2) is 0 Å². The third-order valence-electron chi connectivity index (χ3n) is 0.538. The number of halogens is 9. The van der Waals surface area contributed by atoms with Crippen molar-refractivity contribution in [1.82, 2.24) is 0 Å². The summed E-state index contributed by atoms with van der Waals surface area (Å²) in [6.07, 6.45) is -13.2. The maximum atomic E-state index is 10.5. The molecule has 0 aliphatic carbocycles. The Morgan fingerprint density at radius 3 is 0.520 bits per heavy atom. The zero-order valence-corrected chi connectivity index (χ0v) is 10.3. The maximum absolute atomic E-state index is 10.5. The molecule has 0 saturated heterocycles. The standard InChI is InChI=1S/3C2H3F3O.BH3O3.3Mg.6H/c3*3-2(4,5)1-6;2-1(3)4;;;;;;;;;/h3*6H,1H2;2-4H;;;;;;;;;. The molecule has 0 aromatic heterocycles. The highest BCUT2D eigenvalue weighted by Crippen LogP contribution is 2.12. The molecule has 0 unspecified atom stereocenters. The molecule has 0 saturated carbocycles. The first-order valence-corrected chi connectivity index (χ1v) is 4.48. The molecule has 0 bridgehead atoms. The number of alkyl halides is 9. The van der Waals surface area contributed by atoms with Gasteiger partial charge in [0.2, 0.25) is 0 Å². The first-order chi connectivity index (χ1) is 9.41. The highest BCUT2D eigenvalue weighted by atomic mass is 24.3. The average molecular weight is 441 g/mol. The number of aliphatic hydroxyl groups is 3. The molecule has 0 fully saturated rings. The van der Waals surface area contributed by atoms with E-state index in [1.54, 1.807) is 0 Å². The van der Waals surface area contributed by atoms with Crippen LogP contribution in [0.4, 0.5) is 39.5 Å². The van der Waals surface area contributed by atoms with Crippen molar-refractivity contribution in [2.45, 2.75) is 18.5 Å². The summed E-state index contributed by atoms with van der Waals surface area (Å²) < 4.78 is 94.8. The molecule has 0 aromatic carbocycles. The Labute approximate surface area is 184 Å². The molecule has 0 spiro atoms. The number of aliphatic hydroxyl groups excluding tert-OH is 3. The van der Waals surface area contributed by atoms with E-state index in [-0.39, 0.29) is 69.2 Å². The van der Waals surface area contributed by atoms with Gasteiger partial charge < -0.3 is 30.4 Å². The highest BCUT2D eigenvalue weighted by Gasteiger charge is 2.25. The van der Waals surface area contributed by atoms with E-state index in [2.05, 4.69) is 0 Å². The molecule has 6 nitrogen and oxygen atoms in total. The van der Waals surface area contributed by atoms with Gasteiger partial charge in [-0.05, 0) is 0 Å². The van der Waals surface area contributed by atoms with Crippen LogP contribution in [0.2, 0.25) is 0 Å². The monoisotopic (exact) mass is 440 g/mol. The minimum atomic E-state index is -4.40. The van der Waals surface area contributed by atoms with Gasteiger partial charge >= 0.3 is 95.0 Å². The highest BCUT2D eigenvalue weighted by molar-refractivity contribution is 6.30. The second-order valence-corrected chi connectivity index (χ2v) is 2.67. The summed E-state index contributed by atoms with van der Waals surface area (Å²) in [6.45, 7) is -5.19. The molecule has 25 heavy (non-hydrogen) atoms. The van der Waals surface area contributed by atoms with E-state index >= 15 is 0 Å². The third kappa shape index (κ3) is 128. The van der Waals surface area contributed by atoms with E-state index in [1.165, 1.54) is 0 Å². The second kappa shape index (κ2) is 23.5. The van der Waals surface area contributed by atoms with Crippen LogP contribution in [0.5, 0.6) is 0 Å². The van der Waals surface area contributed by atoms with Gasteiger partial charge in [0.25, 0.3) is 0 Å². The Bertz CT molecular complexity index is 205. The molecule has 150 valence electrons. The minimum Gasteiger partial charge on any atom is -0.402 e. The smallest absolute Gasteiger partial charge is 0.402 e. The molecule has 0 aliphatic rings. The first kappa shape index (κ1) is 45.3. The predicted octanol–water partition coefficient (Wildman–Crippen LogP) is -3.18. The average Bonchev–Trinajstić information content (AvgIpc) is 2.27. The second-order valence-electron chi connectivity index (χ2n) is 2.67. The fourth-order valence-corrected chi connectivity index (χ4v) is 0. The van der Waals surface area contributed by atoms with Gasteiger partial charge in [0.05, 0.1) is 0 Å². The SMILES string of the molecule is OB(O)O.OCC(F)(F)F.OCC(F)(F)F.OCC(F)(F)F.[MgH2].[MgH2].[MgH2]. The zero-order chi connectivity index (χ0) is 19.2. The summed E-state index contributed by atoms with van der Waals surface area (Å²) in [4.78, 5) is 0. The molecule has 0 atom stereocenters. The van der Waals surface area contributed by atoms with Crippen molar-refractivity contribution in [3.05, 3.63) is 0 Å². The quantitative estimate of drug-likeness (QED) is 0.174. The van der Waals surface area contributed by atoms with Gasteiger partial charge in [0.15, 0.2) is 0 Å². The normalized spacial score (nSPS) is 9.72. The summed E-state index contributed by atoms with van der Waals surface area (Å²) in [6, 6.07) is 0. The largest absolute Gasteiger partial charge is 0.631 e. The van der Waals surface area contributed by atoms with Gasteiger partial charge in [-0.25, -0.2) is 0 Å². The lowest BCUT2D eigenvalue weighted by atomic mass is 10.3. The van der Waals surface area contributed by atoms with E-state index in [9.17, 15) is 39.5 Å². The van der Waals surface area contributed by atoms with E-state index in [0.29, 0.717) is 0 Å². The van der Waals surface area contributed by atoms with Crippen LogP contribution in [0.25, 0.3) is 0 Å². The molecule has 0 heterocycles. The van der Waals surface area contributed by atoms with Crippen molar-refractivity contribution in [2.24, 2.45) is 0 Å². The fourth-order valence-electron chi connectivity index (χ4n) is 0. The van der Waals surface area contributed by atoms with E-state index in [1.807, 2.05) is 0 Å². The van der Waals surface area contributed by atoms with Crippen LogP contribution in [0.1, 0.15) is 0 Å². The summed E-state index contributed by atoms with van der Waals surface area (Å²) in [7, 11) is -2.17. The Balaban J connectivity index is -0.0000000336. The molecule has 0 aromatic rings. The van der Waals surface area contributed by atoms with Gasteiger partial charge in [0, 0.05) is 0 Å². The number of hydrogen-bond donors (Lipinski definition) is 6. The third-order valence-corrected chi connectivity index (χ3v) is 0.538. The predicted molar refractivity (Wildman–Crippen MR) is 77.5 cm³/mol. The van der Waals surface area contributed by atoms with E-state index < -0.39 is 45.7 Å². The van der Waals surface area contributed by atoms with Crippen LogP contribution < -0.4 is 0 Å². The van der Waals surface area contributed by atoms with Gasteiger partial charge in [-0.1, -0.05) is 0 Å². The van der Waals surface area contributed by atoms with Gasteiger partial charge in [-0.15, -0.1) is 0 Å². The number of rotatable bonds is 0. The zero-order valence-electron chi connectivity index (χ0n) is 10.3. The first-order valence-electron chi connectivity index (χ1n) is 4.48. The lowest BCUT2D eigenvalue weighted by molar-refractivity contribution is -0.160. The summed E-state index contributed by atoms with van der Waals surface area (Å²) >= 11 is 0. The molecule has 0 radical (unpaired) electrons. The van der Waals surface area contributed by atoms with E-state index in [0.717, 1.165) is 0 Å². The molecular formula is C6H18BF9Mg3O6. The van der Waals surface area contributed by atoms with E-state index in [4.69, 9.17) is 30.4 Å². The van der Waals surface area contributed by atoms with Gasteiger partial charge in [-0.3, -0.25) is 0 Å². The lowest BCUT2D eigenvalue weighted by Gasteiger charge is -1.95. The van der Waals surface area contributed by atoms with Crippen molar-refractivity contribution >= 4 is 76.5 Å². The molecule has 0 rings (SSSR count). The van der Waals surface area contributed by atoms with Crippen LogP contribution >= 0.6 is 0 Å². The molecule has 0 amide bonds. The van der Waals surface area contributed by atoms with Crippen molar-refractivity contribution < 1.29 is 69.9 Å². The fraction of sp³-hybridized carbons (Fsp3) is 1.00. The molecule has 0 aliphatic heterocycles. The number of hydrogen-bond acceptors (Lipinski definition) is 6. The van der Waals surface area contributed by atoms with Crippen LogP contribution in [0.3, 0.4) is 0 Å². The molecule has 19 heteroatoms. The van der Waals surface area contributed by atoms with Crippen LogP contribution in [-0.4, -0.2) is 145 Å². The van der Waals surface area contributed by atoms with Crippen LogP contribution in [-0.2, 0) is 0 Å². The van der Waals surface area contributed by atoms with Gasteiger partial charge in [0.1, 0.15) is 19.8 Å². The summed E-state index contributed by atoms with van der Waals surface area (Å²) in [5, 5.41) is 43.3. The Morgan fingerprint density at radius 2 is 0.520 bits per heavy atom. The Hall–Kier alpha value is 1.49. The lowest BCUT2D eigenvalue weighted by Crippen LogP contribution is -2.12. The van der Waals surface area contributed by atoms with Crippen molar-refractivity contribution in [1.29, 1.82) is 0 Å². The Kier molecular flexibility index (Phi) is 42.7. The van der Waals surface area contributed by atoms with Crippen molar-refractivity contribution in [2.75, 3.05) is 19.8 Å². The molecular weight excluding hydrogens is 423 g/mol. The topological polar surface area (TPSA) is 121 Å². The molecule has 6 N–H and O–H groups in total. The Morgan fingerprint density at radius 1 is 0.480 bits per heavy atom.